The van der Waals surface area contributed by atoms with Crippen molar-refractivity contribution in [1.29, 1.82) is 0 Å². The van der Waals surface area contributed by atoms with Crippen molar-refractivity contribution in [2.45, 2.75) is 32.8 Å². The van der Waals surface area contributed by atoms with Crippen molar-refractivity contribution in [3.63, 3.8) is 0 Å². The standard InChI is InChI=1S/C16H21N3O/c1-11(2)16-18-12(3)9-15(19-16)17-10-14(20)13-7-5-4-6-8-13/h4-9,11,14,20H,10H2,1-3H3,(H,17,18,19). The molecule has 1 unspecified atom stereocenters. The van der Waals surface area contributed by atoms with E-state index in [-0.39, 0.29) is 5.92 Å². The molecule has 106 valence electrons. The number of benzene rings is 1. The largest absolute Gasteiger partial charge is 0.387 e. The van der Waals surface area contributed by atoms with Crippen molar-refractivity contribution in [3.05, 3.63) is 53.5 Å². The zero-order valence-electron chi connectivity index (χ0n) is 12.2. The Kier molecular flexibility index (Phi) is 4.69. The molecule has 0 aliphatic carbocycles. The van der Waals surface area contributed by atoms with E-state index < -0.39 is 6.10 Å². The SMILES string of the molecule is Cc1cc(NCC(O)c2ccccc2)nc(C(C)C)n1. The number of aromatic nitrogens is 2. The first-order valence-electron chi connectivity index (χ1n) is 6.88. The van der Waals surface area contributed by atoms with E-state index in [1.807, 2.05) is 43.3 Å². The molecule has 0 bridgehead atoms. The van der Waals surface area contributed by atoms with Crippen LogP contribution in [0.2, 0.25) is 0 Å². The molecule has 0 saturated carbocycles. The van der Waals surface area contributed by atoms with Crippen molar-refractivity contribution < 1.29 is 5.11 Å². The van der Waals surface area contributed by atoms with Gasteiger partial charge in [0.2, 0.25) is 0 Å². The predicted molar refractivity (Wildman–Crippen MR) is 80.7 cm³/mol. The highest BCUT2D eigenvalue weighted by molar-refractivity contribution is 5.37. The molecule has 4 nitrogen and oxygen atoms in total. The maximum atomic E-state index is 10.1. The highest BCUT2D eigenvalue weighted by atomic mass is 16.3. The topological polar surface area (TPSA) is 58.0 Å². The molecule has 0 saturated heterocycles. The fraction of sp³-hybridized carbons (Fsp3) is 0.375. The number of nitrogens with zero attached hydrogens (tertiary/aromatic N) is 2. The summed E-state index contributed by atoms with van der Waals surface area (Å²) in [7, 11) is 0. The number of rotatable bonds is 5. The second-order valence-corrected chi connectivity index (χ2v) is 5.21. The fourth-order valence-corrected chi connectivity index (χ4v) is 1.93. The van der Waals surface area contributed by atoms with Gasteiger partial charge < -0.3 is 10.4 Å². The van der Waals surface area contributed by atoms with Crippen molar-refractivity contribution in [2.75, 3.05) is 11.9 Å². The number of nitrogens with one attached hydrogen (secondary N) is 1. The van der Waals surface area contributed by atoms with Crippen LogP contribution in [0.25, 0.3) is 0 Å². The Labute approximate surface area is 119 Å². The van der Waals surface area contributed by atoms with Crippen LogP contribution in [-0.2, 0) is 0 Å². The lowest BCUT2D eigenvalue weighted by Crippen LogP contribution is -2.14. The van der Waals surface area contributed by atoms with Gasteiger partial charge in [-0.15, -0.1) is 0 Å². The molecule has 1 atom stereocenters. The fourth-order valence-electron chi connectivity index (χ4n) is 1.93. The van der Waals surface area contributed by atoms with E-state index in [2.05, 4.69) is 29.1 Å². The molecule has 2 rings (SSSR count). The molecule has 1 aromatic carbocycles. The second-order valence-electron chi connectivity index (χ2n) is 5.21. The number of hydrogen-bond donors (Lipinski definition) is 2. The lowest BCUT2D eigenvalue weighted by Gasteiger charge is -2.14. The van der Waals surface area contributed by atoms with Crippen LogP contribution in [0.5, 0.6) is 0 Å². The number of aliphatic hydroxyl groups excluding tert-OH is 1. The van der Waals surface area contributed by atoms with Gasteiger partial charge in [-0.2, -0.15) is 0 Å². The first-order valence-corrected chi connectivity index (χ1v) is 6.88. The third-order valence-electron chi connectivity index (χ3n) is 3.05. The van der Waals surface area contributed by atoms with Crippen LogP contribution in [0.15, 0.2) is 36.4 Å². The van der Waals surface area contributed by atoms with Gasteiger partial charge in [0.25, 0.3) is 0 Å². The molecule has 2 aromatic rings. The van der Waals surface area contributed by atoms with E-state index in [4.69, 9.17) is 0 Å². The Morgan fingerprint density at radius 3 is 2.50 bits per heavy atom. The molecular weight excluding hydrogens is 250 g/mol. The highest BCUT2D eigenvalue weighted by Gasteiger charge is 2.09. The minimum Gasteiger partial charge on any atom is -0.387 e. The highest BCUT2D eigenvalue weighted by Crippen LogP contribution is 2.16. The summed E-state index contributed by atoms with van der Waals surface area (Å²) in [6.07, 6.45) is -0.547. The van der Waals surface area contributed by atoms with Crippen LogP contribution in [0, 0.1) is 6.92 Å². The molecule has 0 amide bonds. The van der Waals surface area contributed by atoms with Gasteiger partial charge in [-0.3, -0.25) is 0 Å². The van der Waals surface area contributed by atoms with Gasteiger partial charge in [0.1, 0.15) is 11.6 Å². The Morgan fingerprint density at radius 1 is 1.15 bits per heavy atom. The predicted octanol–water partition coefficient (Wildman–Crippen LogP) is 3.05. The Bertz CT molecular complexity index is 555. The van der Waals surface area contributed by atoms with Crippen molar-refractivity contribution in [3.8, 4) is 0 Å². The Morgan fingerprint density at radius 2 is 1.85 bits per heavy atom. The monoisotopic (exact) mass is 271 g/mol. The van der Waals surface area contributed by atoms with E-state index in [9.17, 15) is 5.11 Å². The normalized spacial score (nSPS) is 12.4. The van der Waals surface area contributed by atoms with Gasteiger partial charge >= 0.3 is 0 Å². The summed E-state index contributed by atoms with van der Waals surface area (Å²) in [4.78, 5) is 8.87. The maximum absolute atomic E-state index is 10.1. The average molecular weight is 271 g/mol. The van der Waals surface area contributed by atoms with Crippen molar-refractivity contribution in [2.24, 2.45) is 0 Å². The van der Waals surface area contributed by atoms with Gasteiger partial charge in [0.15, 0.2) is 0 Å². The van der Waals surface area contributed by atoms with Gasteiger partial charge in [0, 0.05) is 24.2 Å². The van der Waals surface area contributed by atoms with Crippen LogP contribution in [0.4, 0.5) is 5.82 Å². The summed E-state index contributed by atoms with van der Waals surface area (Å²) in [5.41, 5.74) is 1.83. The van der Waals surface area contributed by atoms with Crippen LogP contribution < -0.4 is 5.32 Å². The Hall–Kier alpha value is -1.94. The van der Waals surface area contributed by atoms with E-state index in [0.29, 0.717) is 6.54 Å². The number of aliphatic hydroxyl groups is 1. The quantitative estimate of drug-likeness (QED) is 0.877. The molecule has 0 aliphatic rings. The van der Waals surface area contributed by atoms with Crippen LogP contribution >= 0.6 is 0 Å². The zero-order valence-corrected chi connectivity index (χ0v) is 12.2. The molecule has 20 heavy (non-hydrogen) atoms. The van der Waals surface area contributed by atoms with Gasteiger partial charge in [-0.25, -0.2) is 9.97 Å². The molecule has 1 aromatic heterocycles. The first kappa shape index (κ1) is 14.5. The minimum atomic E-state index is -0.547. The number of aryl methyl sites for hydroxylation is 1. The summed E-state index contributed by atoms with van der Waals surface area (Å²) >= 11 is 0. The lowest BCUT2D eigenvalue weighted by atomic mass is 10.1. The van der Waals surface area contributed by atoms with E-state index in [1.54, 1.807) is 0 Å². The molecule has 1 heterocycles. The second kappa shape index (κ2) is 6.48. The molecule has 0 radical (unpaired) electrons. The smallest absolute Gasteiger partial charge is 0.133 e. The van der Waals surface area contributed by atoms with Gasteiger partial charge in [-0.05, 0) is 12.5 Å². The molecule has 4 heteroatoms. The van der Waals surface area contributed by atoms with Crippen LogP contribution in [0.1, 0.15) is 43.0 Å². The molecule has 0 aliphatic heterocycles. The van der Waals surface area contributed by atoms with Crippen LogP contribution in [0.3, 0.4) is 0 Å². The number of anilines is 1. The third-order valence-corrected chi connectivity index (χ3v) is 3.05. The van der Waals surface area contributed by atoms with E-state index >= 15 is 0 Å². The molecule has 0 spiro atoms. The summed E-state index contributed by atoms with van der Waals surface area (Å²) in [5, 5.41) is 13.3. The summed E-state index contributed by atoms with van der Waals surface area (Å²) < 4.78 is 0. The van der Waals surface area contributed by atoms with Crippen molar-refractivity contribution in [1.82, 2.24) is 9.97 Å². The van der Waals surface area contributed by atoms with Gasteiger partial charge in [-0.1, -0.05) is 44.2 Å². The minimum absolute atomic E-state index is 0.287. The third kappa shape index (κ3) is 3.78. The molecule has 2 N–H and O–H groups in total. The van der Waals surface area contributed by atoms with E-state index in [1.165, 1.54) is 0 Å². The lowest BCUT2D eigenvalue weighted by molar-refractivity contribution is 0.191. The first-order chi connectivity index (χ1) is 9.56. The molecular formula is C16H21N3O. The maximum Gasteiger partial charge on any atom is 0.133 e. The summed E-state index contributed by atoms with van der Waals surface area (Å²) in [5.74, 6) is 1.87. The number of hydrogen-bond acceptors (Lipinski definition) is 4. The van der Waals surface area contributed by atoms with Crippen LogP contribution in [-0.4, -0.2) is 21.6 Å². The Balaban J connectivity index is 2.04. The van der Waals surface area contributed by atoms with Gasteiger partial charge in [0.05, 0.1) is 6.10 Å². The molecule has 0 fully saturated rings. The zero-order chi connectivity index (χ0) is 14.5. The van der Waals surface area contributed by atoms with Crippen molar-refractivity contribution >= 4 is 5.82 Å². The summed E-state index contributed by atoms with van der Waals surface area (Å²) in [6, 6.07) is 11.5. The van der Waals surface area contributed by atoms with E-state index in [0.717, 1.165) is 22.9 Å². The summed E-state index contributed by atoms with van der Waals surface area (Å²) in [6.45, 7) is 6.51. The average Bonchev–Trinajstić information content (AvgIpc) is 2.45.